The number of hydrogen-bond donors (Lipinski definition) is 1. The van der Waals surface area contributed by atoms with Crippen LogP contribution in [0, 0.1) is 0 Å². The SMILES string of the molecule is COC(=O)c1cc2c(Br)cc(OC)c(OC)c2[nH]1. The number of aromatic amines is 1. The number of esters is 1. The van der Waals surface area contributed by atoms with Crippen LogP contribution in [0.2, 0.25) is 0 Å². The molecule has 0 radical (unpaired) electrons. The molecule has 2 aromatic rings. The van der Waals surface area contributed by atoms with Crippen LogP contribution in [0.25, 0.3) is 10.9 Å². The van der Waals surface area contributed by atoms with Gasteiger partial charge in [0.15, 0.2) is 11.5 Å². The van der Waals surface area contributed by atoms with Gasteiger partial charge in [0, 0.05) is 9.86 Å². The van der Waals surface area contributed by atoms with Crippen molar-refractivity contribution in [3.05, 3.63) is 22.3 Å². The minimum absolute atomic E-state index is 0.361. The molecule has 96 valence electrons. The Bertz CT molecular complexity index is 606. The van der Waals surface area contributed by atoms with Crippen molar-refractivity contribution in [2.24, 2.45) is 0 Å². The molecule has 0 bridgehead atoms. The maximum atomic E-state index is 11.5. The van der Waals surface area contributed by atoms with Gasteiger partial charge in [-0.15, -0.1) is 0 Å². The minimum atomic E-state index is -0.431. The van der Waals surface area contributed by atoms with Crippen molar-refractivity contribution in [3.8, 4) is 11.5 Å². The van der Waals surface area contributed by atoms with E-state index >= 15 is 0 Å². The van der Waals surface area contributed by atoms with Crippen molar-refractivity contribution < 1.29 is 19.0 Å². The monoisotopic (exact) mass is 313 g/mol. The van der Waals surface area contributed by atoms with E-state index in [4.69, 9.17) is 9.47 Å². The molecule has 5 nitrogen and oxygen atoms in total. The van der Waals surface area contributed by atoms with Gasteiger partial charge in [0.25, 0.3) is 0 Å². The summed E-state index contributed by atoms with van der Waals surface area (Å²) in [5, 5.41) is 0.827. The van der Waals surface area contributed by atoms with Crippen LogP contribution < -0.4 is 9.47 Å². The van der Waals surface area contributed by atoms with Crippen molar-refractivity contribution in [2.75, 3.05) is 21.3 Å². The highest BCUT2D eigenvalue weighted by atomic mass is 79.9. The zero-order valence-electron chi connectivity index (χ0n) is 10.2. The van der Waals surface area contributed by atoms with Gasteiger partial charge in [0.2, 0.25) is 0 Å². The van der Waals surface area contributed by atoms with Crippen LogP contribution in [0.5, 0.6) is 11.5 Å². The highest BCUT2D eigenvalue weighted by Gasteiger charge is 2.18. The molecular formula is C12H12BrNO4. The van der Waals surface area contributed by atoms with Gasteiger partial charge in [-0.1, -0.05) is 0 Å². The van der Waals surface area contributed by atoms with E-state index in [1.54, 1.807) is 26.4 Å². The summed E-state index contributed by atoms with van der Waals surface area (Å²) in [6.07, 6.45) is 0. The van der Waals surface area contributed by atoms with Crippen molar-refractivity contribution in [2.45, 2.75) is 0 Å². The third kappa shape index (κ3) is 1.92. The number of ether oxygens (including phenoxy) is 3. The van der Waals surface area contributed by atoms with E-state index in [1.807, 2.05) is 0 Å². The molecule has 0 aliphatic rings. The smallest absolute Gasteiger partial charge is 0.354 e. The number of benzene rings is 1. The topological polar surface area (TPSA) is 60.6 Å². The average molecular weight is 314 g/mol. The number of halogens is 1. The Hall–Kier alpha value is -1.69. The second-order valence-electron chi connectivity index (χ2n) is 3.56. The van der Waals surface area contributed by atoms with Gasteiger partial charge < -0.3 is 19.2 Å². The quantitative estimate of drug-likeness (QED) is 0.885. The molecule has 0 unspecified atom stereocenters. The lowest BCUT2D eigenvalue weighted by atomic mass is 10.2. The number of H-pyrrole nitrogens is 1. The highest BCUT2D eigenvalue weighted by molar-refractivity contribution is 9.10. The Morgan fingerprint density at radius 3 is 2.50 bits per heavy atom. The third-order valence-corrected chi connectivity index (χ3v) is 3.27. The standard InChI is InChI=1S/C12H12BrNO4/c1-16-9-5-7(13)6-4-8(12(15)18-3)14-10(6)11(9)17-2/h4-5,14H,1-3H3. The van der Waals surface area contributed by atoms with Crippen LogP contribution in [0.4, 0.5) is 0 Å². The van der Waals surface area contributed by atoms with E-state index < -0.39 is 5.97 Å². The van der Waals surface area contributed by atoms with Gasteiger partial charge in [0.1, 0.15) is 5.69 Å². The number of aromatic nitrogens is 1. The molecule has 18 heavy (non-hydrogen) atoms. The summed E-state index contributed by atoms with van der Waals surface area (Å²) in [5.41, 5.74) is 1.05. The predicted octanol–water partition coefficient (Wildman–Crippen LogP) is 2.73. The summed E-state index contributed by atoms with van der Waals surface area (Å²) >= 11 is 3.43. The summed E-state index contributed by atoms with van der Waals surface area (Å²) in [5.74, 6) is 0.695. The number of nitrogens with one attached hydrogen (secondary N) is 1. The van der Waals surface area contributed by atoms with E-state index in [2.05, 4.69) is 25.7 Å². The molecule has 1 aromatic carbocycles. The summed E-state index contributed by atoms with van der Waals surface area (Å²) in [6.45, 7) is 0. The number of carbonyl (C=O) groups is 1. The molecule has 0 aliphatic heterocycles. The number of rotatable bonds is 3. The Labute approximate surface area is 112 Å². The Morgan fingerprint density at radius 2 is 1.94 bits per heavy atom. The van der Waals surface area contributed by atoms with Gasteiger partial charge in [0.05, 0.1) is 26.8 Å². The normalized spacial score (nSPS) is 10.4. The molecule has 0 aliphatic carbocycles. The minimum Gasteiger partial charge on any atom is -0.493 e. The van der Waals surface area contributed by atoms with Crippen molar-refractivity contribution in [1.29, 1.82) is 0 Å². The lowest BCUT2D eigenvalue weighted by Gasteiger charge is -2.09. The molecule has 1 aromatic heterocycles. The molecule has 0 saturated carbocycles. The molecule has 0 atom stereocenters. The fraction of sp³-hybridized carbons (Fsp3) is 0.250. The lowest BCUT2D eigenvalue weighted by molar-refractivity contribution is 0.0595. The number of carbonyl (C=O) groups excluding carboxylic acids is 1. The van der Waals surface area contributed by atoms with Gasteiger partial charge in [-0.3, -0.25) is 0 Å². The number of fused-ring (bicyclic) bond motifs is 1. The van der Waals surface area contributed by atoms with Gasteiger partial charge in [-0.05, 0) is 28.1 Å². The zero-order valence-corrected chi connectivity index (χ0v) is 11.8. The van der Waals surface area contributed by atoms with E-state index in [-0.39, 0.29) is 0 Å². The van der Waals surface area contributed by atoms with Crippen LogP contribution in [0.3, 0.4) is 0 Å². The summed E-state index contributed by atoms with van der Waals surface area (Å²) < 4.78 is 16.0. The maximum Gasteiger partial charge on any atom is 0.354 e. The number of methoxy groups -OCH3 is 3. The largest absolute Gasteiger partial charge is 0.493 e. The van der Waals surface area contributed by atoms with Crippen molar-refractivity contribution in [1.82, 2.24) is 4.98 Å². The molecule has 0 saturated heterocycles. The number of hydrogen-bond acceptors (Lipinski definition) is 4. The first kappa shape index (κ1) is 12.8. The average Bonchev–Trinajstić information content (AvgIpc) is 2.83. The third-order valence-electron chi connectivity index (χ3n) is 2.61. The fourth-order valence-corrected chi connectivity index (χ4v) is 2.30. The second kappa shape index (κ2) is 4.89. The highest BCUT2D eigenvalue weighted by Crippen LogP contribution is 2.40. The zero-order chi connectivity index (χ0) is 13.3. The van der Waals surface area contributed by atoms with E-state index in [0.29, 0.717) is 22.7 Å². The van der Waals surface area contributed by atoms with Gasteiger partial charge in [-0.2, -0.15) is 0 Å². The summed E-state index contributed by atoms with van der Waals surface area (Å²) in [4.78, 5) is 14.5. The Morgan fingerprint density at radius 1 is 1.22 bits per heavy atom. The summed E-state index contributed by atoms with van der Waals surface area (Å²) in [6, 6.07) is 3.49. The maximum absolute atomic E-state index is 11.5. The van der Waals surface area contributed by atoms with E-state index in [1.165, 1.54) is 7.11 Å². The molecule has 6 heteroatoms. The first-order valence-corrected chi connectivity index (χ1v) is 5.93. The fourth-order valence-electron chi connectivity index (χ4n) is 1.78. The molecule has 1 N–H and O–H groups in total. The molecular weight excluding hydrogens is 302 g/mol. The van der Waals surface area contributed by atoms with E-state index in [0.717, 1.165) is 9.86 Å². The molecule has 0 amide bonds. The van der Waals surface area contributed by atoms with Crippen LogP contribution in [0.15, 0.2) is 16.6 Å². The van der Waals surface area contributed by atoms with Gasteiger partial charge >= 0.3 is 5.97 Å². The first-order valence-electron chi connectivity index (χ1n) is 5.13. The van der Waals surface area contributed by atoms with Crippen LogP contribution >= 0.6 is 15.9 Å². The van der Waals surface area contributed by atoms with Gasteiger partial charge in [-0.25, -0.2) is 4.79 Å². The Kier molecular flexibility index (Phi) is 3.47. The molecule has 2 rings (SSSR count). The second-order valence-corrected chi connectivity index (χ2v) is 4.41. The van der Waals surface area contributed by atoms with Crippen molar-refractivity contribution >= 4 is 32.8 Å². The van der Waals surface area contributed by atoms with Crippen LogP contribution in [0.1, 0.15) is 10.5 Å². The molecule has 0 spiro atoms. The lowest BCUT2D eigenvalue weighted by Crippen LogP contribution is -2.00. The van der Waals surface area contributed by atoms with E-state index in [9.17, 15) is 4.79 Å². The van der Waals surface area contributed by atoms with Crippen LogP contribution in [-0.2, 0) is 4.74 Å². The van der Waals surface area contributed by atoms with Crippen LogP contribution in [-0.4, -0.2) is 32.3 Å². The predicted molar refractivity (Wildman–Crippen MR) is 70.4 cm³/mol. The summed E-state index contributed by atoms with van der Waals surface area (Å²) in [7, 11) is 4.44. The first-order chi connectivity index (χ1) is 8.62. The molecule has 1 heterocycles. The molecule has 0 fully saturated rings. The van der Waals surface area contributed by atoms with Crippen molar-refractivity contribution in [3.63, 3.8) is 0 Å². The Balaban J connectivity index is 2.74.